The van der Waals surface area contributed by atoms with E-state index in [2.05, 4.69) is 11.4 Å². The van der Waals surface area contributed by atoms with Gasteiger partial charge in [0.05, 0.1) is 0 Å². The van der Waals surface area contributed by atoms with Crippen LogP contribution in [0.25, 0.3) is 0 Å². The monoisotopic (exact) mass is 287 g/mol. The molecular weight excluding hydrogens is 270 g/mol. The number of cyclic esters (lactones) is 2. The first-order valence-electron chi connectivity index (χ1n) is 6.98. The summed E-state index contributed by atoms with van der Waals surface area (Å²) >= 11 is 0. The maximum atomic E-state index is 11.8. The van der Waals surface area contributed by atoms with Crippen LogP contribution < -0.4 is 5.32 Å². The minimum atomic E-state index is -1.21. The molecule has 1 saturated heterocycles. The highest BCUT2D eigenvalue weighted by Crippen LogP contribution is 2.43. The Morgan fingerprint density at radius 2 is 1.76 bits per heavy atom. The van der Waals surface area contributed by atoms with Gasteiger partial charge in [-0.3, -0.25) is 0 Å². The summed E-state index contributed by atoms with van der Waals surface area (Å²) in [6, 6.07) is 7.87. The zero-order valence-electron chi connectivity index (χ0n) is 12.0. The Hall–Kier alpha value is -2.30. The summed E-state index contributed by atoms with van der Waals surface area (Å²) in [5, 5.41) is 3.03. The zero-order valence-corrected chi connectivity index (χ0v) is 12.0. The number of carbonyl (C=O) groups is 2. The third-order valence-corrected chi connectivity index (χ3v) is 3.47. The number of hydrogen-bond acceptors (Lipinski definition) is 5. The largest absolute Gasteiger partial charge is 0.419 e. The molecule has 1 aromatic carbocycles. The molecule has 1 aliphatic heterocycles. The van der Waals surface area contributed by atoms with Gasteiger partial charge in [-0.2, -0.15) is 0 Å². The van der Waals surface area contributed by atoms with Crippen LogP contribution in [0, 0.1) is 0 Å². The molecule has 5 nitrogen and oxygen atoms in total. The van der Waals surface area contributed by atoms with Gasteiger partial charge in [-0.1, -0.05) is 18.2 Å². The first kappa shape index (κ1) is 13.7. The van der Waals surface area contributed by atoms with Crippen LogP contribution in [0.2, 0.25) is 0 Å². The SMILES string of the molecule is CC1(C)OC(=O)C(=CNc2ccccc2C2CC2)C(=O)O1. The summed E-state index contributed by atoms with van der Waals surface area (Å²) < 4.78 is 10.1. The molecule has 1 N–H and O–H groups in total. The molecule has 1 aliphatic carbocycles. The van der Waals surface area contributed by atoms with Crippen LogP contribution >= 0.6 is 0 Å². The number of benzene rings is 1. The molecule has 5 heteroatoms. The highest BCUT2D eigenvalue weighted by molar-refractivity contribution is 6.15. The molecule has 0 atom stereocenters. The van der Waals surface area contributed by atoms with Crippen molar-refractivity contribution in [2.75, 3.05) is 5.32 Å². The van der Waals surface area contributed by atoms with Crippen molar-refractivity contribution < 1.29 is 19.1 Å². The van der Waals surface area contributed by atoms with Crippen molar-refractivity contribution in [2.45, 2.75) is 38.4 Å². The van der Waals surface area contributed by atoms with E-state index in [1.54, 1.807) is 0 Å². The van der Waals surface area contributed by atoms with E-state index >= 15 is 0 Å². The lowest BCUT2D eigenvalue weighted by Crippen LogP contribution is -2.42. The lowest BCUT2D eigenvalue weighted by molar-refractivity contribution is -0.222. The zero-order chi connectivity index (χ0) is 15.0. The van der Waals surface area contributed by atoms with Crippen molar-refractivity contribution in [3.8, 4) is 0 Å². The van der Waals surface area contributed by atoms with Crippen molar-refractivity contribution in [3.05, 3.63) is 41.6 Å². The van der Waals surface area contributed by atoms with Crippen molar-refractivity contribution in [1.29, 1.82) is 0 Å². The molecule has 0 spiro atoms. The number of rotatable bonds is 3. The second kappa shape index (κ2) is 4.91. The normalized spacial score (nSPS) is 20.6. The van der Waals surface area contributed by atoms with E-state index < -0.39 is 17.7 Å². The molecule has 1 aromatic rings. The second-order valence-electron chi connectivity index (χ2n) is 5.74. The molecule has 2 aliphatic rings. The highest BCUT2D eigenvalue weighted by atomic mass is 16.7. The third-order valence-electron chi connectivity index (χ3n) is 3.47. The number of ether oxygens (including phenoxy) is 2. The predicted octanol–water partition coefficient (Wildman–Crippen LogP) is 2.70. The van der Waals surface area contributed by atoms with Gasteiger partial charge in [0.15, 0.2) is 5.57 Å². The van der Waals surface area contributed by atoms with Gasteiger partial charge in [-0.15, -0.1) is 0 Å². The Kier molecular flexibility index (Phi) is 3.20. The minimum Gasteiger partial charge on any atom is -0.419 e. The summed E-state index contributed by atoms with van der Waals surface area (Å²) in [6.07, 6.45) is 3.71. The van der Waals surface area contributed by atoms with Gasteiger partial charge in [-0.25, -0.2) is 9.59 Å². The van der Waals surface area contributed by atoms with Crippen molar-refractivity contribution in [1.82, 2.24) is 0 Å². The first-order chi connectivity index (χ1) is 9.96. The minimum absolute atomic E-state index is 0.125. The highest BCUT2D eigenvalue weighted by Gasteiger charge is 2.39. The van der Waals surface area contributed by atoms with E-state index in [9.17, 15) is 9.59 Å². The van der Waals surface area contributed by atoms with Crippen LogP contribution in [0.4, 0.5) is 5.69 Å². The van der Waals surface area contributed by atoms with Gasteiger partial charge in [0.25, 0.3) is 5.79 Å². The van der Waals surface area contributed by atoms with Gasteiger partial charge in [-0.05, 0) is 30.4 Å². The molecule has 2 fully saturated rings. The molecule has 21 heavy (non-hydrogen) atoms. The topological polar surface area (TPSA) is 64.6 Å². The Labute approximate surface area is 122 Å². The number of carbonyl (C=O) groups excluding carboxylic acids is 2. The average molecular weight is 287 g/mol. The third kappa shape index (κ3) is 2.91. The van der Waals surface area contributed by atoms with Crippen LogP contribution in [0.5, 0.6) is 0 Å². The molecule has 0 amide bonds. The Morgan fingerprint density at radius 1 is 1.14 bits per heavy atom. The molecular formula is C16H17NO4. The van der Waals surface area contributed by atoms with E-state index in [1.165, 1.54) is 38.5 Å². The van der Waals surface area contributed by atoms with Crippen molar-refractivity contribution in [3.63, 3.8) is 0 Å². The van der Waals surface area contributed by atoms with E-state index in [0.717, 1.165) is 5.69 Å². The summed E-state index contributed by atoms with van der Waals surface area (Å²) in [6.45, 7) is 3.05. The molecule has 0 radical (unpaired) electrons. The van der Waals surface area contributed by atoms with Gasteiger partial charge < -0.3 is 14.8 Å². The Bertz CT molecular complexity index is 607. The van der Waals surface area contributed by atoms with Crippen LogP contribution in [-0.2, 0) is 19.1 Å². The summed E-state index contributed by atoms with van der Waals surface area (Å²) in [4.78, 5) is 23.7. The van der Waals surface area contributed by atoms with Gasteiger partial charge in [0.1, 0.15) is 0 Å². The second-order valence-corrected chi connectivity index (χ2v) is 5.74. The van der Waals surface area contributed by atoms with Gasteiger partial charge in [0.2, 0.25) is 0 Å². The molecule has 110 valence electrons. The maximum Gasteiger partial charge on any atom is 0.350 e. The number of hydrogen-bond donors (Lipinski definition) is 1. The Balaban J connectivity index is 1.80. The first-order valence-corrected chi connectivity index (χ1v) is 6.98. The van der Waals surface area contributed by atoms with E-state index in [1.807, 2.05) is 18.2 Å². The fourth-order valence-corrected chi connectivity index (χ4v) is 2.31. The molecule has 1 saturated carbocycles. The molecule has 0 bridgehead atoms. The molecule has 0 aromatic heterocycles. The summed E-state index contributed by atoms with van der Waals surface area (Å²) in [5.74, 6) is -1.99. The molecule has 1 heterocycles. The van der Waals surface area contributed by atoms with Gasteiger partial charge >= 0.3 is 11.9 Å². The number of esters is 2. The predicted molar refractivity (Wildman–Crippen MR) is 76.4 cm³/mol. The average Bonchev–Trinajstić information content (AvgIpc) is 3.21. The van der Waals surface area contributed by atoms with Crippen LogP contribution in [0.15, 0.2) is 36.0 Å². The van der Waals surface area contributed by atoms with Crippen LogP contribution in [0.1, 0.15) is 38.2 Å². The maximum absolute atomic E-state index is 11.8. The fraction of sp³-hybridized carbons (Fsp3) is 0.375. The van der Waals surface area contributed by atoms with E-state index in [4.69, 9.17) is 9.47 Å². The quantitative estimate of drug-likeness (QED) is 0.526. The van der Waals surface area contributed by atoms with Crippen molar-refractivity contribution >= 4 is 17.6 Å². The number of anilines is 1. The fourth-order valence-electron chi connectivity index (χ4n) is 2.31. The smallest absolute Gasteiger partial charge is 0.350 e. The van der Waals surface area contributed by atoms with E-state index in [-0.39, 0.29) is 5.57 Å². The van der Waals surface area contributed by atoms with Crippen LogP contribution in [-0.4, -0.2) is 17.7 Å². The summed E-state index contributed by atoms with van der Waals surface area (Å²) in [7, 11) is 0. The molecule has 3 rings (SSSR count). The Morgan fingerprint density at radius 3 is 2.38 bits per heavy atom. The van der Waals surface area contributed by atoms with E-state index in [0.29, 0.717) is 5.92 Å². The van der Waals surface area contributed by atoms with Gasteiger partial charge in [0, 0.05) is 25.7 Å². The van der Waals surface area contributed by atoms with Crippen molar-refractivity contribution in [2.24, 2.45) is 0 Å². The lowest BCUT2D eigenvalue weighted by Gasteiger charge is -2.29. The summed E-state index contributed by atoms with van der Waals surface area (Å²) in [5.41, 5.74) is 1.98. The molecule has 0 unspecified atom stereocenters. The number of para-hydroxylation sites is 1. The number of nitrogens with one attached hydrogen (secondary N) is 1. The van der Waals surface area contributed by atoms with Crippen LogP contribution in [0.3, 0.4) is 0 Å². The standard InChI is InChI=1S/C16H17NO4/c1-16(2)20-14(18)12(15(19)21-16)9-17-13-6-4-3-5-11(13)10-7-8-10/h3-6,9-10,17H,7-8H2,1-2H3. The lowest BCUT2D eigenvalue weighted by atomic mass is 10.1.